The van der Waals surface area contributed by atoms with Crippen LogP contribution in [0.25, 0.3) is 11.0 Å². The van der Waals surface area contributed by atoms with Gasteiger partial charge in [-0.1, -0.05) is 11.6 Å². The zero-order valence-electron chi connectivity index (χ0n) is 15.6. The molecule has 0 aliphatic carbocycles. The third-order valence-electron chi connectivity index (χ3n) is 5.17. The summed E-state index contributed by atoms with van der Waals surface area (Å²) in [7, 11) is 0. The molecule has 2 aromatic heterocycles. The first-order valence-electron chi connectivity index (χ1n) is 9.36. The van der Waals surface area contributed by atoms with Gasteiger partial charge in [-0.05, 0) is 25.3 Å². The third kappa shape index (κ3) is 3.82. The van der Waals surface area contributed by atoms with Crippen molar-refractivity contribution in [3.8, 4) is 0 Å². The quantitative estimate of drug-likeness (QED) is 0.734. The van der Waals surface area contributed by atoms with Crippen LogP contribution in [-0.4, -0.2) is 52.3 Å². The molecule has 4 heterocycles. The smallest absolute Gasteiger partial charge is 0.219 e. The van der Waals surface area contributed by atoms with Crippen molar-refractivity contribution in [3.05, 3.63) is 40.7 Å². The highest BCUT2D eigenvalue weighted by Crippen LogP contribution is 2.23. The minimum absolute atomic E-state index is 0.0301. The van der Waals surface area contributed by atoms with Crippen molar-refractivity contribution >= 4 is 34.4 Å². The molecule has 0 bridgehead atoms. The van der Waals surface area contributed by atoms with Gasteiger partial charge < -0.3 is 20.5 Å². The van der Waals surface area contributed by atoms with Crippen LogP contribution >= 0.6 is 11.6 Å². The van der Waals surface area contributed by atoms with Crippen molar-refractivity contribution in [1.82, 2.24) is 25.5 Å². The largest absolute Gasteiger partial charge is 0.367 e. The van der Waals surface area contributed by atoms with Crippen LogP contribution in [0, 0.1) is 0 Å². The van der Waals surface area contributed by atoms with Crippen LogP contribution in [0.1, 0.15) is 31.7 Å². The first-order valence-corrected chi connectivity index (χ1v) is 9.74. The minimum Gasteiger partial charge on any atom is -0.367 e. The predicted molar refractivity (Wildman–Crippen MR) is 107 cm³/mol. The number of halogens is 2. The summed E-state index contributed by atoms with van der Waals surface area (Å²) in [5.41, 5.74) is 1.49. The summed E-state index contributed by atoms with van der Waals surface area (Å²) >= 11 is 6.07. The van der Waals surface area contributed by atoms with Gasteiger partial charge in [-0.3, -0.25) is 9.79 Å². The first kappa shape index (κ1) is 18.7. The Hall–Kier alpha value is -2.61. The molecular weight excluding hydrogens is 383 g/mol. The standard InChI is InChI=1S/C19H22ClFN6O/c1-11(28)27-5-2-3-13(4-6-27)25-19-16(21)10-24-18(26-19)15-9-23-17-14(15)7-12(20)8-22-17/h7-9,13,25H,2-6,10H2,1H3,(H,22,23)(H,24,26). The Balaban J connectivity index is 1.48. The van der Waals surface area contributed by atoms with Crippen molar-refractivity contribution in [1.29, 1.82) is 0 Å². The number of fused-ring (bicyclic) bond motifs is 1. The molecule has 0 saturated carbocycles. The molecule has 1 fully saturated rings. The van der Waals surface area contributed by atoms with Crippen LogP contribution < -0.4 is 10.6 Å². The maximum absolute atomic E-state index is 14.4. The molecule has 0 spiro atoms. The van der Waals surface area contributed by atoms with E-state index in [2.05, 4.69) is 25.6 Å². The number of nitrogens with zero attached hydrogens (tertiary/aromatic N) is 3. The maximum atomic E-state index is 14.4. The lowest BCUT2D eigenvalue weighted by Crippen LogP contribution is -2.41. The van der Waals surface area contributed by atoms with E-state index in [-0.39, 0.29) is 24.3 Å². The summed E-state index contributed by atoms with van der Waals surface area (Å²) in [4.78, 5) is 25.1. The fourth-order valence-electron chi connectivity index (χ4n) is 3.65. The summed E-state index contributed by atoms with van der Waals surface area (Å²) < 4.78 is 14.4. The van der Waals surface area contributed by atoms with Gasteiger partial charge in [-0.2, -0.15) is 0 Å². The predicted octanol–water partition coefficient (Wildman–Crippen LogP) is 2.70. The minimum atomic E-state index is -0.326. The van der Waals surface area contributed by atoms with E-state index >= 15 is 0 Å². The second-order valence-electron chi connectivity index (χ2n) is 7.10. The molecule has 1 saturated heterocycles. The number of likely N-dealkylation sites (tertiary alicyclic amines) is 1. The number of H-pyrrole nitrogens is 1. The summed E-state index contributed by atoms with van der Waals surface area (Å²) in [6.07, 6.45) is 5.90. The van der Waals surface area contributed by atoms with Crippen LogP contribution in [0.2, 0.25) is 5.02 Å². The number of rotatable bonds is 3. The molecule has 0 aromatic carbocycles. The third-order valence-corrected chi connectivity index (χ3v) is 5.37. The molecule has 0 radical (unpaired) electrons. The Morgan fingerprint density at radius 1 is 1.39 bits per heavy atom. The zero-order valence-corrected chi connectivity index (χ0v) is 16.3. The van der Waals surface area contributed by atoms with Crippen LogP contribution in [0.15, 0.2) is 35.1 Å². The average Bonchev–Trinajstić information content (AvgIpc) is 2.93. The number of nitrogens with one attached hydrogen (secondary N) is 3. The molecule has 2 aromatic rings. The highest BCUT2D eigenvalue weighted by atomic mass is 35.5. The molecule has 148 valence electrons. The lowest BCUT2D eigenvalue weighted by atomic mass is 10.1. The summed E-state index contributed by atoms with van der Waals surface area (Å²) in [5.74, 6) is 0.670. The van der Waals surface area contributed by atoms with Crippen LogP contribution in [0.3, 0.4) is 0 Å². The fourth-order valence-corrected chi connectivity index (χ4v) is 3.81. The summed E-state index contributed by atoms with van der Waals surface area (Å²) in [6, 6.07) is 1.90. The van der Waals surface area contributed by atoms with E-state index in [1.165, 1.54) is 0 Å². The van der Waals surface area contributed by atoms with E-state index in [9.17, 15) is 9.18 Å². The highest BCUT2D eigenvalue weighted by molar-refractivity contribution is 6.31. The van der Waals surface area contributed by atoms with Gasteiger partial charge in [0.25, 0.3) is 0 Å². The number of aliphatic imine (C=N–C) groups is 1. The van der Waals surface area contributed by atoms with E-state index in [0.717, 1.165) is 36.8 Å². The van der Waals surface area contributed by atoms with Crippen LogP contribution in [0.4, 0.5) is 4.39 Å². The summed E-state index contributed by atoms with van der Waals surface area (Å²) in [6.45, 7) is 2.98. The number of aromatic amines is 1. The number of hydrogen-bond donors (Lipinski definition) is 3. The lowest BCUT2D eigenvalue weighted by Gasteiger charge is -2.25. The van der Waals surface area contributed by atoms with E-state index in [1.54, 1.807) is 19.3 Å². The zero-order chi connectivity index (χ0) is 19.7. The van der Waals surface area contributed by atoms with Gasteiger partial charge in [0, 0.05) is 49.4 Å². The lowest BCUT2D eigenvalue weighted by molar-refractivity contribution is -0.128. The van der Waals surface area contributed by atoms with Gasteiger partial charge in [-0.15, -0.1) is 0 Å². The average molecular weight is 405 g/mol. The number of carbonyl (C=O) groups excluding carboxylic acids is 1. The first-order chi connectivity index (χ1) is 13.5. The van der Waals surface area contributed by atoms with Gasteiger partial charge in [-0.25, -0.2) is 9.37 Å². The Kier molecular flexibility index (Phi) is 5.21. The Labute approximate surface area is 167 Å². The van der Waals surface area contributed by atoms with Gasteiger partial charge in [0.1, 0.15) is 17.3 Å². The summed E-state index contributed by atoms with van der Waals surface area (Å²) in [5, 5.41) is 7.72. The Morgan fingerprint density at radius 2 is 2.25 bits per heavy atom. The topological polar surface area (TPSA) is 85.4 Å². The molecule has 28 heavy (non-hydrogen) atoms. The Morgan fingerprint density at radius 3 is 3.07 bits per heavy atom. The molecule has 9 heteroatoms. The van der Waals surface area contributed by atoms with Gasteiger partial charge >= 0.3 is 0 Å². The molecule has 2 aliphatic rings. The molecule has 1 unspecified atom stereocenters. The molecule has 7 nitrogen and oxygen atoms in total. The molecule has 3 N–H and O–H groups in total. The molecular formula is C19H22ClFN6O. The highest BCUT2D eigenvalue weighted by Gasteiger charge is 2.23. The van der Waals surface area contributed by atoms with Gasteiger partial charge in [0.05, 0.1) is 11.6 Å². The number of pyridine rings is 1. The number of amidine groups is 1. The fraction of sp³-hybridized carbons (Fsp3) is 0.421. The number of carbonyl (C=O) groups is 1. The van der Waals surface area contributed by atoms with Gasteiger partial charge in [0.2, 0.25) is 5.91 Å². The second kappa shape index (κ2) is 7.79. The second-order valence-corrected chi connectivity index (χ2v) is 7.54. The van der Waals surface area contributed by atoms with Crippen molar-refractivity contribution in [2.75, 3.05) is 19.6 Å². The van der Waals surface area contributed by atoms with Crippen LogP contribution in [0.5, 0.6) is 0 Å². The van der Waals surface area contributed by atoms with Crippen molar-refractivity contribution < 1.29 is 9.18 Å². The monoisotopic (exact) mass is 404 g/mol. The van der Waals surface area contributed by atoms with E-state index in [4.69, 9.17) is 11.6 Å². The van der Waals surface area contributed by atoms with E-state index in [1.807, 2.05) is 11.0 Å². The van der Waals surface area contributed by atoms with Crippen molar-refractivity contribution in [2.24, 2.45) is 4.99 Å². The van der Waals surface area contributed by atoms with E-state index in [0.29, 0.717) is 28.9 Å². The van der Waals surface area contributed by atoms with Crippen molar-refractivity contribution in [2.45, 2.75) is 32.2 Å². The normalized spacial score (nSPS) is 20.6. The molecule has 4 rings (SSSR count). The number of aromatic nitrogens is 2. The molecule has 2 aliphatic heterocycles. The maximum Gasteiger partial charge on any atom is 0.219 e. The number of hydrogen-bond acceptors (Lipinski definition) is 5. The van der Waals surface area contributed by atoms with Crippen molar-refractivity contribution in [3.63, 3.8) is 0 Å². The number of amides is 1. The Bertz CT molecular complexity index is 968. The molecule has 1 atom stereocenters. The van der Waals surface area contributed by atoms with E-state index < -0.39 is 0 Å². The van der Waals surface area contributed by atoms with Gasteiger partial charge in [0.15, 0.2) is 5.83 Å². The molecule has 1 amide bonds. The SMILES string of the molecule is CC(=O)N1CCCC(NC2=C(F)CN=C(c3c[nH]c4ncc(Cl)cc34)N2)CC1. The van der Waals surface area contributed by atoms with Crippen LogP contribution in [-0.2, 0) is 4.79 Å².